The van der Waals surface area contributed by atoms with Crippen LogP contribution in [0.4, 0.5) is 5.82 Å². The molecule has 0 spiro atoms. The van der Waals surface area contributed by atoms with Crippen molar-refractivity contribution in [2.75, 3.05) is 5.73 Å². The summed E-state index contributed by atoms with van der Waals surface area (Å²) < 4.78 is 0. The van der Waals surface area contributed by atoms with E-state index in [1.165, 1.54) is 24.0 Å². The second kappa shape index (κ2) is 6.65. The molecule has 3 heteroatoms. The Morgan fingerprint density at radius 2 is 1.31 bits per heavy atom. The van der Waals surface area contributed by atoms with E-state index in [1.54, 1.807) is 0 Å². The first-order valence-corrected chi connectivity index (χ1v) is 8.93. The van der Waals surface area contributed by atoms with Crippen molar-refractivity contribution < 1.29 is 0 Å². The van der Waals surface area contributed by atoms with E-state index in [4.69, 9.17) is 10.7 Å². The predicted molar refractivity (Wildman–Crippen MR) is 106 cm³/mol. The van der Waals surface area contributed by atoms with Crippen molar-refractivity contribution >= 4 is 5.82 Å². The van der Waals surface area contributed by atoms with Gasteiger partial charge in [0.1, 0.15) is 0 Å². The molecule has 0 bridgehead atoms. The van der Waals surface area contributed by atoms with Gasteiger partial charge in [0.25, 0.3) is 0 Å². The van der Waals surface area contributed by atoms with Crippen LogP contribution in [0.2, 0.25) is 0 Å². The zero-order chi connectivity index (χ0) is 18.1. The molecular weight excluding hydrogens is 318 g/mol. The predicted octanol–water partition coefficient (Wildman–Crippen LogP) is 4.77. The average molecular weight is 339 g/mol. The third-order valence-corrected chi connectivity index (χ3v) is 4.54. The fourth-order valence-corrected chi connectivity index (χ4v) is 2.76. The summed E-state index contributed by atoms with van der Waals surface area (Å²) in [6, 6.07) is 16.6. The lowest BCUT2D eigenvalue weighted by Gasteiger charge is -2.11. The number of hydrogen-bond donors (Lipinski definition) is 1. The minimum absolute atomic E-state index is 0.393. The van der Waals surface area contributed by atoms with Gasteiger partial charge >= 0.3 is 0 Å². The van der Waals surface area contributed by atoms with Crippen LogP contribution in [0, 0.1) is 31.6 Å². The van der Waals surface area contributed by atoms with Crippen molar-refractivity contribution in [2.45, 2.75) is 26.7 Å². The molecule has 3 nitrogen and oxygen atoms in total. The van der Waals surface area contributed by atoms with Crippen LogP contribution in [0.15, 0.2) is 48.5 Å². The summed E-state index contributed by atoms with van der Waals surface area (Å²) in [6.45, 7) is 4.15. The average Bonchev–Trinajstić information content (AvgIpc) is 3.46. The Labute approximate surface area is 154 Å². The number of anilines is 1. The minimum atomic E-state index is 0.393. The van der Waals surface area contributed by atoms with Gasteiger partial charge in [0.05, 0.1) is 11.4 Å². The lowest BCUT2D eigenvalue weighted by atomic mass is 10.0. The zero-order valence-corrected chi connectivity index (χ0v) is 15.1. The molecule has 2 N–H and O–H groups in total. The molecular formula is C23H21N3. The number of hydrogen-bond acceptors (Lipinski definition) is 3. The molecule has 1 fully saturated rings. The standard InChI is InChI=1S/C23H21N3/c1-15-3-10-18(11-4-15)21-22(19-12-5-16(2)6-13-19)26-23(24)20(25-21)14-9-17-7-8-17/h3-6,10-13,17H,7-8H2,1-2H3,(H2,24,26). The highest BCUT2D eigenvalue weighted by molar-refractivity contribution is 5.80. The van der Waals surface area contributed by atoms with Crippen LogP contribution in [0.1, 0.15) is 29.7 Å². The summed E-state index contributed by atoms with van der Waals surface area (Å²) >= 11 is 0. The Kier molecular flexibility index (Phi) is 4.18. The van der Waals surface area contributed by atoms with Gasteiger partial charge in [0.2, 0.25) is 0 Å². The van der Waals surface area contributed by atoms with Crippen LogP contribution in [-0.2, 0) is 0 Å². The highest BCUT2D eigenvalue weighted by Crippen LogP contribution is 2.31. The van der Waals surface area contributed by atoms with Crippen LogP contribution in [0.3, 0.4) is 0 Å². The molecule has 128 valence electrons. The Hall–Kier alpha value is -3.12. The van der Waals surface area contributed by atoms with E-state index in [-0.39, 0.29) is 0 Å². The summed E-state index contributed by atoms with van der Waals surface area (Å²) in [4.78, 5) is 9.49. The van der Waals surface area contributed by atoms with E-state index in [0.29, 0.717) is 17.4 Å². The number of rotatable bonds is 2. The normalized spacial score (nSPS) is 13.2. The molecule has 1 aliphatic rings. The lowest BCUT2D eigenvalue weighted by molar-refractivity contribution is 1.16. The van der Waals surface area contributed by atoms with Crippen molar-refractivity contribution in [1.29, 1.82) is 0 Å². The topological polar surface area (TPSA) is 51.8 Å². The van der Waals surface area contributed by atoms with Gasteiger partial charge in [0.15, 0.2) is 11.5 Å². The fourth-order valence-electron chi connectivity index (χ4n) is 2.76. The molecule has 0 atom stereocenters. The van der Waals surface area contributed by atoms with Gasteiger partial charge in [-0.15, -0.1) is 0 Å². The van der Waals surface area contributed by atoms with Gasteiger partial charge in [-0.05, 0) is 32.6 Å². The molecule has 0 saturated heterocycles. The SMILES string of the molecule is Cc1ccc(-c2nc(N)c(C#CC3CC3)nc2-c2ccc(C)cc2)cc1. The number of benzene rings is 2. The quantitative estimate of drug-likeness (QED) is 0.684. The molecule has 0 unspecified atom stereocenters. The molecule has 1 saturated carbocycles. The first-order chi connectivity index (χ1) is 12.6. The van der Waals surface area contributed by atoms with Crippen LogP contribution in [0.25, 0.3) is 22.5 Å². The van der Waals surface area contributed by atoms with Crippen molar-refractivity contribution in [1.82, 2.24) is 9.97 Å². The van der Waals surface area contributed by atoms with E-state index >= 15 is 0 Å². The summed E-state index contributed by atoms with van der Waals surface area (Å²) in [5.41, 5.74) is 12.8. The smallest absolute Gasteiger partial charge is 0.158 e. The van der Waals surface area contributed by atoms with Gasteiger partial charge in [-0.3, -0.25) is 0 Å². The van der Waals surface area contributed by atoms with Gasteiger partial charge in [-0.1, -0.05) is 65.6 Å². The van der Waals surface area contributed by atoms with Gasteiger partial charge < -0.3 is 5.73 Å². The maximum absolute atomic E-state index is 6.19. The number of nitrogens with zero attached hydrogens (tertiary/aromatic N) is 2. The summed E-state index contributed by atoms with van der Waals surface area (Å²) in [7, 11) is 0. The number of aromatic nitrogens is 2. The largest absolute Gasteiger partial charge is 0.381 e. The van der Waals surface area contributed by atoms with E-state index < -0.39 is 0 Å². The lowest BCUT2D eigenvalue weighted by Crippen LogP contribution is -2.03. The van der Waals surface area contributed by atoms with Crippen LogP contribution in [0.5, 0.6) is 0 Å². The first-order valence-electron chi connectivity index (χ1n) is 8.93. The highest BCUT2D eigenvalue weighted by Gasteiger charge is 2.19. The van der Waals surface area contributed by atoms with Gasteiger partial charge in [0, 0.05) is 17.0 Å². The van der Waals surface area contributed by atoms with Crippen molar-refractivity contribution in [3.05, 3.63) is 65.4 Å². The Bertz CT molecular complexity index is 1000. The highest BCUT2D eigenvalue weighted by atomic mass is 14.9. The molecule has 26 heavy (non-hydrogen) atoms. The molecule has 3 aromatic rings. The van der Waals surface area contributed by atoms with Crippen LogP contribution in [-0.4, -0.2) is 9.97 Å². The monoisotopic (exact) mass is 339 g/mol. The van der Waals surface area contributed by atoms with Gasteiger partial charge in [-0.2, -0.15) is 0 Å². The zero-order valence-electron chi connectivity index (χ0n) is 15.1. The Morgan fingerprint density at radius 1 is 0.808 bits per heavy atom. The number of nitrogens with two attached hydrogens (primary N) is 1. The van der Waals surface area contributed by atoms with Crippen LogP contribution < -0.4 is 5.73 Å². The third-order valence-electron chi connectivity index (χ3n) is 4.54. The van der Waals surface area contributed by atoms with E-state index in [9.17, 15) is 0 Å². The minimum Gasteiger partial charge on any atom is -0.381 e. The maximum atomic E-state index is 6.19. The van der Waals surface area contributed by atoms with Crippen molar-refractivity contribution in [2.24, 2.45) is 5.92 Å². The second-order valence-corrected chi connectivity index (χ2v) is 6.93. The molecule has 1 aliphatic carbocycles. The summed E-state index contributed by atoms with van der Waals surface area (Å²) in [5.74, 6) is 7.26. The molecule has 0 aliphatic heterocycles. The molecule has 1 aromatic heterocycles. The molecule has 1 heterocycles. The van der Waals surface area contributed by atoms with Gasteiger partial charge in [-0.25, -0.2) is 9.97 Å². The maximum Gasteiger partial charge on any atom is 0.158 e. The van der Waals surface area contributed by atoms with E-state index in [0.717, 1.165) is 22.5 Å². The molecule has 0 radical (unpaired) electrons. The fraction of sp³-hybridized carbons (Fsp3) is 0.217. The number of aryl methyl sites for hydroxylation is 2. The molecule has 4 rings (SSSR count). The first kappa shape index (κ1) is 16.4. The summed E-state index contributed by atoms with van der Waals surface area (Å²) in [5, 5.41) is 0. The number of nitrogen functional groups attached to an aromatic ring is 1. The van der Waals surface area contributed by atoms with Crippen LogP contribution >= 0.6 is 0 Å². The Morgan fingerprint density at radius 3 is 1.81 bits per heavy atom. The van der Waals surface area contributed by atoms with E-state index in [2.05, 4.69) is 79.2 Å². The van der Waals surface area contributed by atoms with E-state index in [1.807, 2.05) is 0 Å². The van der Waals surface area contributed by atoms with Crippen molar-refractivity contribution in [3.63, 3.8) is 0 Å². The van der Waals surface area contributed by atoms with Crippen molar-refractivity contribution in [3.8, 4) is 34.4 Å². The second-order valence-electron chi connectivity index (χ2n) is 6.93. The molecule has 0 amide bonds. The third kappa shape index (κ3) is 3.45. The Balaban J connectivity index is 1.88. The molecule has 2 aromatic carbocycles. The summed E-state index contributed by atoms with van der Waals surface area (Å²) in [6.07, 6.45) is 2.35.